The monoisotopic (exact) mass is 440 g/mol. The van der Waals surface area contributed by atoms with Crippen LogP contribution < -0.4 is 0 Å². The van der Waals surface area contributed by atoms with Crippen molar-refractivity contribution in [3.05, 3.63) is 53.6 Å². The highest BCUT2D eigenvalue weighted by molar-refractivity contribution is 5.67. The van der Waals surface area contributed by atoms with E-state index in [-0.39, 0.29) is 0 Å². The van der Waals surface area contributed by atoms with Crippen LogP contribution in [0.2, 0.25) is 0 Å². The van der Waals surface area contributed by atoms with Gasteiger partial charge in [0.05, 0.1) is 0 Å². The van der Waals surface area contributed by atoms with Gasteiger partial charge < -0.3 is 0 Å². The summed E-state index contributed by atoms with van der Waals surface area (Å²) in [6, 6.07) is 3.54. The second-order valence-corrected chi connectivity index (χ2v) is 10.9. The second-order valence-electron chi connectivity index (χ2n) is 10.9. The van der Waals surface area contributed by atoms with Crippen molar-refractivity contribution in [1.82, 2.24) is 0 Å². The minimum Gasteiger partial charge on any atom is -0.203 e. The molecule has 0 spiro atoms. The summed E-state index contributed by atoms with van der Waals surface area (Å²) < 4.78 is 28.7. The third-order valence-electron chi connectivity index (χ3n) is 9.10. The van der Waals surface area contributed by atoms with Crippen molar-refractivity contribution in [2.45, 2.75) is 96.8 Å². The molecule has 1 aromatic rings. The van der Waals surface area contributed by atoms with Gasteiger partial charge in [-0.05, 0) is 111 Å². The van der Waals surface area contributed by atoms with Crippen LogP contribution in [0.25, 0.3) is 5.57 Å². The van der Waals surface area contributed by atoms with Crippen LogP contribution >= 0.6 is 0 Å². The van der Waals surface area contributed by atoms with Crippen LogP contribution in [0.4, 0.5) is 8.78 Å². The molecule has 0 bridgehead atoms. The lowest BCUT2D eigenvalue weighted by Gasteiger charge is -2.37. The smallest absolute Gasteiger partial charge is 0.166 e. The van der Waals surface area contributed by atoms with Gasteiger partial charge in [0, 0.05) is 5.56 Å². The summed E-state index contributed by atoms with van der Waals surface area (Å²) in [4.78, 5) is 0. The van der Waals surface area contributed by atoms with Gasteiger partial charge in [0.2, 0.25) is 0 Å². The standard InChI is InChI=1S/C30H42F2/c1-3-21-7-13-25(14-8-21)26-15-9-22(10-16-26)5-6-23-11-17-27(18-12-23)28-20-19-24(4-2)29(31)30(28)32/h3,17,19-23,25-26H,1,4-16,18H2,2H3. The maximum Gasteiger partial charge on any atom is 0.166 e. The zero-order chi connectivity index (χ0) is 22.5. The van der Waals surface area contributed by atoms with E-state index in [4.69, 9.17) is 0 Å². The molecule has 176 valence electrons. The Morgan fingerprint density at radius 2 is 1.50 bits per heavy atom. The van der Waals surface area contributed by atoms with E-state index in [0.717, 1.165) is 48.5 Å². The Morgan fingerprint density at radius 1 is 0.844 bits per heavy atom. The first-order valence-corrected chi connectivity index (χ1v) is 13.4. The van der Waals surface area contributed by atoms with Crippen molar-refractivity contribution in [2.24, 2.45) is 29.6 Å². The Balaban J connectivity index is 1.20. The molecule has 2 saturated carbocycles. The van der Waals surface area contributed by atoms with E-state index in [0.29, 0.717) is 23.5 Å². The summed E-state index contributed by atoms with van der Waals surface area (Å²) in [7, 11) is 0. The molecular formula is C30H42F2. The molecule has 0 heterocycles. The summed E-state index contributed by atoms with van der Waals surface area (Å²) in [5.74, 6) is 3.06. The van der Waals surface area contributed by atoms with Gasteiger partial charge >= 0.3 is 0 Å². The molecule has 32 heavy (non-hydrogen) atoms. The molecule has 2 fully saturated rings. The van der Waals surface area contributed by atoms with Crippen molar-refractivity contribution in [3.8, 4) is 0 Å². The molecule has 0 saturated heterocycles. The predicted octanol–water partition coefficient (Wildman–Crippen LogP) is 9.29. The van der Waals surface area contributed by atoms with Crippen LogP contribution in [0.15, 0.2) is 30.9 Å². The summed E-state index contributed by atoms with van der Waals surface area (Å²) in [5.41, 5.74) is 1.96. The average Bonchev–Trinajstić information content (AvgIpc) is 2.85. The Morgan fingerprint density at radius 3 is 2.09 bits per heavy atom. The van der Waals surface area contributed by atoms with Crippen molar-refractivity contribution < 1.29 is 8.78 Å². The number of allylic oxidation sites excluding steroid dienone is 3. The number of aryl methyl sites for hydroxylation is 1. The largest absolute Gasteiger partial charge is 0.203 e. The predicted molar refractivity (Wildman–Crippen MR) is 131 cm³/mol. The lowest BCUT2D eigenvalue weighted by Crippen LogP contribution is -2.25. The van der Waals surface area contributed by atoms with Crippen molar-refractivity contribution in [3.63, 3.8) is 0 Å². The summed E-state index contributed by atoms with van der Waals surface area (Å²) in [5, 5.41) is 0. The summed E-state index contributed by atoms with van der Waals surface area (Å²) in [6.07, 6.45) is 21.9. The molecular weight excluding hydrogens is 398 g/mol. The fourth-order valence-corrected chi connectivity index (χ4v) is 6.78. The van der Waals surface area contributed by atoms with Gasteiger partial charge in [0.25, 0.3) is 0 Å². The maximum absolute atomic E-state index is 14.5. The number of benzene rings is 1. The lowest BCUT2D eigenvalue weighted by atomic mass is 9.68. The maximum atomic E-state index is 14.5. The molecule has 4 rings (SSSR count). The Labute approximate surface area is 194 Å². The van der Waals surface area contributed by atoms with E-state index in [1.807, 2.05) is 6.92 Å². The molecule has 0 amide bonds. The topological polar surface area (TPSA) is 0 Å². The SMILES string of the molecule is C=CC1CCC(C2CCC(CCC3CC=C(c4ccc(CC)c(F)c4F)CC3)CC2)CC1. The Hall–Kier alpha value is -1.44. The highest BCUT2D eigenvalue weighted by Gasteiger charge is 2.30. The fraction of sp³-hybridized carbons (Fsp3) is 0.667. The van der Waals surface area contributed by atoms with Gasteiger partial charge in [0.15, 0.2) is 11.6 Å². The van der Waals surface area contributed by atoms with Crippen molar-refractivity contribution in [1.29, 1.82) is 0 Å². The quantitative estimate of drug-likeness (QED) is 0.371. The first kappa shape index (κ1) is 23.7. The highest BCUT2D eigenvalue weighted by Crippen LogP contribution is 2.43. The molecule has 1 unspecified atom stereocenters. The minimum atomic E-state index is -0.655. The zero-order valence-electron chi connectivity index (χ0n) is 20.1. The van der Waals surface area contributed by atoms with E-state index < -0.39 is 11.6 Å². The lowest BCUT2D eigenvalue weighted by molar-refractivity contribution is 0.149. The molecule has 0 N–H and O–H groups in total. The van der Waals surface area contributed by atoms with Gasteiger partial charge in [-0.15, -0.1) is 6.58 Å². The minimum absolute atomic E-state index is 0.472. The Kier molecular flexibility index (Phi) is 8.24. The average molecular weight is 441 g/mol. The number of hydrogen-bond acceptors (Lipinski definition) is 0. The fourth-order valence-electron chi connectivity index (χ4n) is 6.78. The molecule has 0 aliphatic heterocycles. The first-order valence-electron chi connectivity index (χ1n) is 13.4. The van der Waals surface area contributed by atoms with Crippen LogP contribution in [-0.4, -0.2) is 0 Å². The van der Waals surface area contributed by atoms with Crippen LogP contribution in [0.5, 0.6) is 0 Å². The summed E-state index contributed by atoms with van der Waals surface area (Å²) >= 11 is 0. The van der Waals surface area contributed by atoms with E-state index in [1.165, 1.54) is 64.2 Å². The van der Waals surface area contributed by atoms with E-state index >= 15 is 0 Å². The van der Waals surface area contributed by atoms with Crippen LogP contribution in [-0.2, 0) is 6.42 Å². The molecule has 3 aliphatic carbocycles. The van der Waals surface area contributed by atoms with Crippen LogP contribution in [0, 0.1) is 41.2 Å². The van der Waals surface area contributed by atoms with Gasteiger partial charge in [0.1, 0.15) is 0 Å². The molecule has 3 aliphatic rings. The first-order chi connectivity index (χ1) is 15.6. The number of rotatable bonds is 7. The van der Waals surface area contributed by atoms with E-state index in [2.05, 4.69) is 18.7 Å². The number of hydrogen-bond donors (Lipinski definition) is 0. The Bertz CT molecular complexity index is 791. The van der Waals surface area contributed by atoms with Gasteiger partial charge in [-0.1, -0.05) is 50.5 Å². The molecule has 1 atom stereocenters. The van der Waals surface area contributed by atoms with Crippen LogP contribution in [0.1, 0.15) is 102 Å². The molecule has 0 aromatic heterocycles. The molecule has 0 nitrogen and oxygen atoms in total. The third-order valence-corrected chi connectivity index (χ3v) is 9.10. The van der Waals surface area contributed by atoms with E-state index in [9.17, 15) is 8.78 Å². The molecule has 2 heteroatoms. The van der Waals surface area contributed by atoms with Gasteiger partial charge in [-0.25, -0.2) is 8.78 Å². The third kappa shape index (κ3) is 5.54. The van der Waals surface area contributed by atoms with Crippen molar-refractivity contribution in [2.75, 3.05) is 0 Å². The zero-order valence-corrected chi connectivity index (χ0v) is 20.1. The van der Waals surface area contributed by atoms with Gasteiger partial charge in [-0.2, -0.15) is 0 Å². The molecule has 1 aromatic carbocycles. The molecule has 0 radical (unpaired) electrons. The van der Waals surface area contributed by atoms with Crippen molar-refractivity contribution >= 4 is 5.57 Å². The number of halogens is 2. The highest BCUT2D eigenvalue weighted by atomic mass is 19.2. The summed E-state index contributed by atoms with van der Waals surface area (Å²) in [6.45, 7) is 5.85. The normalized spacial score (nSPS) is 31.2. The van der Waals surface area contributed by atoms with E-state index in [1.54, 1.807) is 12.1 Å². The second kappa shape index (κ2) is 11.1. The van der Waals surface area contributed by atoms with Crippen LogP contribution in [0.3, 0.4) is 0 Å². The van der Waals surface area contributed by atoms with Gasteiger partial charge in [-0.3, -0.25) is 0 Å².